The third-order valence-electron chi connectivity index (χ3n) is 5.37. The molecule has 1 saturated heterocycles. The van der Waals surface area contributed by atoms with Gasteiger partial charge < -0.3 is 10.2 Å². The number of nitrogens with one attached hydrogen (secondary N) is 1. The summed E-state index contributed by atoms with van der Waals surface area (Å²) in [5, 5.41) is 6.33. The van der Waals surface area contributed by atoms with Crippen molar-refractivity contribution in [2.45, 2.75) is 51.9 Å². The molecule has 0 bridgehead atoms. The zero-order valence-corrected chi connectivity index (χ0v) is 15.9. The summed E-state index contributed by atoms with van der Waals surface area (Å²) < 4.78 is 0. The largest absolute Gasteiger partial charge is 0.371 e. The number of nitrogens with zero attached hydrogens (tertiary/aromatic N) is 2. The Hall–Kier alpha value is -1.88. The first-order valence-corrected chi connectivity index (χ1v) is 10.1. The van der Waals surface area contributed by atoms with Gasteiger partial charge in [0.1, 0.15) is 5.01 Å². The molecule has 1 fully saturated rings. The van der Waals surface area contributed by atoms with Crippen LogP contribution < -0.4 is 10.2 Å². The molecule has 132 valence electrons. The zero-order chi connectivity index (χ0) is 17.6. The molecule has 2 aliphatic rings. The number of aromatic nitrogens is 1. The molecule has 2 aromatic rings. The van der Waals surface area contributed by atoms with Crippen molar-refractivity contribution < 1.29 is 4.79 Å². The lowest BCUT2D eigenvalue weighted by atomic mass is 9.88. The first-order chi connectivity index (χ1) is 12.0. The van der Waals surface area contributed by atoms with E-state index in [1.165, 1.54) is 29.7 Å². The van der Waals surface area contributed by atoms with Gasteiger partial charge >= 0.3 is 0 Å². The number of amides is 1. The van der Waals surface area contributed by atoms with Gasteiger partial charge in [0.15, 0.2) is 0 Å². The molecule has 1 aromatic carbocycles. The van der Waals surface area contributed by atoms with Gasteiger partial charge in [-0.15, -0.1) is 11.3 Å². The van der Waals surface area contributed by atoms with Gasteiger partial charge in [-0.1, -0.05) is 19.9 Å². The predicted molar refractivity (Wildman–Crippen MR) is 104 cm³/mol. The first kappa shape index (κ1) is 16.6. The molecule has 4 rings (SSSR count). The van der Waals surface area contributed by atoms with Crippen LogP contribution in [0, 0.1) is 6.92 Å². The van der Waals surface area contributed by atoms with Gasteiger partial charge in [-0.05, 0) is 42.9 Å². The van der Waals surface area contributed by atoms with Gasteiger partial charge in [0.25, 0.3) is 0 Å². The Bertz CT molecular complexity index is 805. The summed E-state index contributed by atoms with van der Waals surface area (Å²) in [5.41, 5.74) is 5.80. The normalized spacial score (nSPS) is 20.1. The van der Waals surface area contributed by atoms with E-state index in [1.807, 2.05) is 0 Å². The number of anilines is 2. The monoisotopic (exact) mass is 355 g/mol. The molecule has 1 atom stereocenters. The molecule has 1 unspecified atom stereocenters. The Balaban J connectivity index is 1.75. The van der Waals surface area contributed by atoms with Crippen LogP contribution in [0.4, 0.5) is 11.4 Å². The second-order valence-electron chi connectivity index (χ2n) is 7.44. The van der Waals surface area contributed by atoms with Crippen LogP contribution in [0.5, 0.6) is 0 Å². The van der Waals surface area contributed by atoms with Crippen LogP contribution in [0.2, 0.25) is 0 Å². The van der Waals surface area contributed by atoms with E-state index in [4.69, 9.17) is 4.98 Å². The number of hydrogen-bond donors (Lipinski definition) is 1. The molecule has 2 aliphatic heterocycles. The molecule has 4 nitrogen and oxygen atoms in total. The quantitative estimate of drug-likeness (QED) is 0.872. The van der Waals surface area contributed by atoms with Crippen molar-refractivity contribution >= 4 is 28.6 Å². The summed E-state index contributed by atoms with van der Waals surface area (Å²) in [6.07, 6.45) is 2.99. The van der Waals surface area contributed by atoms with Gasteiger partial charge in [0, 0.05) is 42.2 Å². The third-order valence-corrected chi connectivity index (χ3v) is 6.35. The second-order valence-corrected chi connectivity index (χ2v) is 8.33. The molecule has 5 heteroatoms. The minimum Gasteiger partial charge on any atom is -0.371 e. The Kier molecular flexibility index (Phi) is 4.28. The van der Waals surface area contributed by atoms with Crippen molar-refractivity contribution in [1.82, 2.24) is 4.98 Å². The zero-order valence-electron chi connectivity index (χ0n) is 15.1. The highest BCUT2D eigenvalue weighted by atomic mass is 32.1. The van der Waals surface area contributed by atoms with E-state index < -0.39 is 0 Å². The van der Waals surface area contributed by atoms with Crippen molar-refractivity contribution in [3.63, 3.8) is 0 Å². The van der Waals surface area contributed by atoms with Crippen LogP contribution in [0.25, 0.3) is 0 Å². The molecule has 0 spiro atoms. The fourth-order valence-electron chi connectivity index (χ4n) is 3.91. The summed E-state index contributed by atoms with van der Waals surface area (Å²) in [6, 6.07) is 4.44. The van der Waals surface area contributed by atoms with E-state index in [1.54, 1.807) is 11.3 Å². The average molecular weight is 356 g/mol. The number of carbonyl (C=O) groups is 1. The Morgan fingerprint density at radius 1 is 1.28 bits per heavy atom. The number of carbonyl (C=O) groups excluding carboxylic acids is 1. The molecule has 1 N–H and O–H groups in total. The molecule has 1 aromatic heterocycles. The number of hydrogen-bond acceptors (Lipinski definition) is 4. The van der Waals surface area contributed by atoms with Gasteiger partial charge in [-0.3, -0.25) is 4.79 Å². The number of fused-ring (bicyclic) bond motifs is 1. The van der Waals surface area contributed by atoms with Crippen LogP contribution in [0.1, 0.15) is 66.8 Å². The van der Waals surface area contributed by atoms with Crippen LogP contribution in [0.15, 0.2) is 17.5 Å². The molecular formula is C20H25N3OS. The molecular weight excluding hydrogens is 330 g/mol. The Morgan fingerprint density at radius 2 is 2.04 bits per heavy atom. The van der Waals surface area contributed by atoms with Gasteiger partial charge in [-0.2, -0.15) is 0 Å². The third kappa shape index (κ3) is 2.95. The maximum atomic E-state index is 12.4. The standard InChI is InChI=1S/C20H25N3OS/c1-12(2)16-11-25-20(21-16)15-10-18(24)22-19-13(3)17(7-6-14(15)19)23-8-4-5-9-23/h6-7,11-12,15H,4-5,8-10H2,1-3H3,(H,22,24). The molecule has 0 saturated carbocycles. The Morgan fingerprint density at radius 3 is 2.72 bits per heavy atom. The van der Waals surface area contributed by atoms with Gasteiger partial charge in [-0.25, -0.2) is 4.98 Å². The van der Waals surface area contributed by atoms with Crippen molar-refractivity contribution in [2.75, 3.05) is 23.3 Å². The number of benzene rings is 1. The maximum Gasteiger partial charge on any atom is 0.225 e. The molecule has 25 heavy (non-hydrogen) atoms. The maximum absolute atomic E-state index is 12.4. The van der Waals surface area contributed by atoms with Gasteiger partial charge in [0.2, 0.25) is 5.91 Å². The lowest BCUT2D eigenvalue weighted by Gasteiger charge is -2.29. The fourth-order valence-corrected chi connectivity index (χ4v) is 5.01. The molecule has 1 amide bonds. The fraction of sp³-hybridized carbons (Fsp3) is 0.500. The highest BCUT2D eigenvalue weighted by Crippen LogP contribution is 2.43. The predicted octanol–water partition coefficient (Wildman–Crippen LogP) is 4.65. The molecule has 3 heterocycles. The topological polar surface area (TPSA) is 45.2 Å². The lowest BCUT2D eigenvalue weighted by molar-refractivity contribution is -0.116. The minimum atomic E-state index is 0.0765. The highest BCUT2D eigenvalue weighted by Gasteiger charge is 2.31. The summed E-state index contributed by atoms with van der Waals surface area (Å²) in [5.74, 6) is 0.592. The van der Waals surface area contributed by atoms with Crippen molar-refractivity contribution in [3.8, 4) is 0 Å². The molecule has 0 radical (unpaired) electrons. The van der Waals surface area contributed by atoms with E-state index in [0.29, 0.717) is 12.3 Å². The van der Waals surface area contributed by atoms with E-state index in [9.17, 15) is 4.79 Å². The second kappa shape index (κ2) is 6.45. The van der Waals surface area contributed by atoms with E-state index in [0.717, 1.165) is 29.5 Å². The summed E-state index contributed by atoms with van der Waals surface area (Å²) >= 11 is 1.68. The smallest absolute Gasteiger partial charge is 0.225 e. The van der Waals surface area contributed by atoms with E-state index in [-0.39, 0.29) is 11.8 Å². The number of thiazole rings is 1. The lowest BCUT2D eigenvalue weighted by Crippen LogP contribution is -2.26. The van der Waals surface area contributed by atoms with Crippen LogP contribution >= 0.6 is 11.3 Å². The van der Waals surface area contributed by atoms with Gasteiger partial charge in [0.05, 0.1) is 5.69 Å². The average Bonchev–Trinajstić information content (AvgIpc) is 3.27. The van der Waals surface area contributed by atoms with Crippen LogP contribution in [-0.2, 0) is 4.79 Å². The highest BCUT2D eigenvalue weighted by molar-refractivity contribution is 7.09. The minimum absolute atomic E-state index is 0.0765. The first-order valence-electron chi connectivity index (χ1n) is 9.18. The number of rotatable bonds is 3. The van der Waals surface area contributed by atoms with Crippen LogP contribution in [0.3, 0.4) is 0 Å². The summed E-state index contributed by atoms with van der Waals surface area (Å²) in [4.78, 5) is 19.6. The molecule has 0 aliphatic carbocycles. The van der Waals surface area contributed by atoms with E-state index in [2.05, 4.69) is 48.5 Å². The van der Waals surface area contributed by atoms with Crippen molar-refractivity contribution in [3.05, 3.63) is 39.3 Å². The van der Waals surface area contributed by atoms with Crippen molar-refractivity contribution in [1.29, 1.82) is 0 Å². The van der Waals surface area contributed by atoms with E-state index >= 15 is 0 Å². The summed E-state index contributed by atoms with van der Waals surface area (Å²) in [7, 11) is 0. The summed E-state index contributed by atoms with van der Waals surface area (Å²) in [6.45, 7) is 8.68. The van der Waals surface area contributed by atoms with Crippen molar-refractivity contribution in [2.24, 2.45) is 0 Å². The SMILES string of the molecule is Cc1c(N2CCCC2)ccc2c1NC(=O)CC2c1nc(C(C)C)cs1. The Labute approximate surface area is 153 Å². The van der Waals surface area contributed by atoms with Crippen LogP contribution in [-0.4, -0.2) is 24.0 Å².